The zero-order valence-corrected chi connectivity index (χ0v) is 16.0. The fourth-order valence-electron chi connectivity index (χ4n) is 3.17. The van der Waals surface area contributed by atoms with Crippen molar-refractivity contribution in [1.29, 1.82) is 0 Å². The number of nitrogens with one attached hydrogen (secondary N) is 1. The number of benzene rings is 1. The summed E-state index contributed by atoms with van der Waals surface area (Å²) in [5.41, 5.74) is 1.32. The molecular weight excluding hydrogens is 354 g/mol. The van der Waals surface area contributed by atoms with Crippen LogP contribution < -0.4 is 14.8 Å². The average Bonchev–Trinajstić information content (AvgIpc) is 3.05. The van der Waals surface area contributed by atoms with Gasteiger partial charge in [0.1, 0.15) is 11.3 Å². The molecule has 1 atom stereocenters. The van der Waals surface area contributed by atoms with Crippen molar-refractivity contribution in [3.63, 3.8) is 0 Å². The second-order valence-corrected chi connectivity index (χ2v) is 7.27. The van der Waals surface area contributed by atoms with Gasteiger partial charge in [-0.3, -0.25) is 4.79 Å². The van der Waals surface area contributed by atoms with Crippen LogP contribution in [-0.4, -0.2) is 29.4 Å². The number of nitrogens with zero attached hydrogens (tertiary/aromatic N) is 2. The molecule has 3 rings (SSSR count). The van der Waals surface area contributed by atoms with Crippen LogP contribution >= 0.6 is 11.6 Å². The predicted octanol–water partition coefficient (Wildman–Crippen LogP) is 3.84. The summed E-state index contributed by atoms with van der Waals surface area (Å²) in [6, 6.07) is 5.22. The molecule has 1 amide bonds. The Kier molecular flexibility index (Phi) is 5.71. The Bertz CT molecular complexity index is 788. The number of carbonyl (C=O) groups is 1. The molecule has 6 nitrogen and oxygen atoms in total. The third-order valence-electron chi connectivity index (χ3n) is 4.37. The van der Waals surface area contributed by atoms with Crippen LogP contribution in [0, 0.1) is 5.92 Å². The molecule has 0 fully saturated rings. The minimum Gasteiger partial charge on any atom is -0.496 e. The number of hydrogen-bond donors (Lipinski definition) is 1. The van der Waals surface area contributed by atoms with Gasteiger partial charge in [0.15, 0.2) is 0 Å². The Hall–Kier alpha value is -2.21. The monoisotopic (exact) mass is 377 g/mol. The Morgan fingerprint density at radius 3 is 3.00 bits per heavy atom. The maximum Gasteiger partial charge on any atom is 0.258 e. The van der Waals surface area contributed by atoms with Crippen LogP contribution in [-0.2, 0) is 6.54 Å². The number of halogens is 1. The van der Waals surface area contributed by atoms with Gasteiger partial charge in [0.2, 0.25) is 5.88 Å². The SMILES string of the molecule is COc1ccc(Cl)cc1C(CC(C)C)NC(=O)c1cnn2c1OCCC2. The highest BCUT2D eigenvalue weighted by atomic mass is 35.5. The maximum absolute atomic E-state index is 12.9. The van der Waals surface area contributed by atoms with Crippen LogP contribution in [0.4, 0.5) is 0 Å². The van der Waals surface area contributed by atoms with Crippen molar-refractivity contribution in [3.05, 3.63) is 40.5 Å². The minimum atomic E-state index is -0.227. The zero-order chi connectivity index (χ0) is 18.7. The summed E-state index contributed by atoms with van der Waals surface area (Å²) in [4.78, 5) is 12.9. The Morgan fingerprint density at radius 1 is 1.46 bits per heavy atom. The van der Waals surface area contributed by atoms with Crippen LogP contribution in [0.1, 0.15) is 48.7 Å². The second kappa shape index (κ2) is 7.99. The number of carbonyl (C=O) groups excluding carboxylic acids is 1. The van der Waals surface area contributed by atoms with Gasteiger partial charge in [-0.25, -0.2) is 4.68 Å². The first-order chi connectivity index (χ1) is 12.5. The summed E-state index contributed by atoms with van der Waals surface area (Å²) in [5, 5.41) is 7.97. The Morgan fingerprint density at radius 2 is 2.27 bits per heavy atom. The van der Waals surface area contributed by atoms with Crippen molar-refractivity contribution in [1.82, 2.24) is 15.1 Å². The van der Waals surface area contributed by atoms with Gasteiger partial charge in [0, 0.05) is 23.6 Å². The first-order valence-electron chi connectivity index (χ1n) is 8.82. The normalized spacial score (nSPS) is 14.5. The number of aryl methyl sites for hydroxylation is 1. The second-order valence-electron chi connectivity index (χ2n) is 6.83. The van der Waals surface area contributed by atoms with Gasteiger partial charge in [-0.1, -0.05) is 25.4 Å². The fourth-order valence-corrected chi connectivity index (χ4v) is 3.35. The summed E-state index contributed by atoms with van der Waals surface area (Å²) in [5.74, 6) is 1.41. The molecule has 2 heterocycles. The molecule has 0 spiro atoms. The van der Waals surface area contributed by atoms with Crippen LogP contribution in [0.5, 0.6) is 11.6 Å². The quantitative estimate of drug-likeness (QED) is 0.830. The molecule has 140 valence electrons. The van der Waals surface area contributed by atoms with E-state index in [-0.39, 0.29) is 11.9 Å². The fraction of sp³-hybridized carbons (Fsp3) is 0.474. The van der Waals surface area contributed by atoms with E-state index in [1.165, 1.54) is 0 Å². The summed E-state index contributed by atoms with van der Waals surface area (Å²) >= 11 is 6.18. The molecule has 0 radical (unpaired) electrons. The molecular formula is C19H24ClN3O3. The number of aromatic nitrogens is 2. The summed E-state index contributed by atoms with van der Waals surface area (Å²) in [7, 11) is 1.61. The van der Waals surface area contributed by atoms with E-state index in [2.05, 4.69) is 24.3 Å². The third kappa shape index (κ3) is 3.96. The number of ether oxygens (including phenoxy) is 2. The topological polar surface area (TPSA) is 65.4 Å². The number of amides is 1. The lowest BCUT2D eigenvalue weighted by Gasteiger charge is -2.23. The zero-order valence-electron chi connectivity index (χ0n) is 15.3. The van der Waals surface area contributed by atoms with E-state index in [9.17, 15) is 4.79 Å². The highest BCUT2D eigenvalue weighted by Crippen LogP contribution is 2.33. The molecule has 1 aromatic carbocycles. The van der Waals surface area contributed by atoms with Gasteiger partial charge in [0.25, 0.3) is 5.91 Å². The largest absolute Gasteiger partial charge is 0.496 e. The van der Waals surface area contributed by atoms with E-state index in [1.807, 2.05) is 12.1 Å². The molecule has 0 saturated carbocycles. The Balaban J connectivity index is 1.88. The van der Waals surface area contributed by atoms with E-state index in [1.54, 1.807) is 24.1 Å². The van der Waals surface area contributed by atoms with E-state index in [4.69, 9.17) is 21.1 Å². The van der Waals surface area contributed by atoms with Crippen LogP contribution in [0.3, 0.4) is 0 Å². The molecule has 1 aliphatic heterocycles. The molecule has 1 unspecified atom stereocenters. The minimum absolute atomic E-state index is 0.208. The molecule has 1 aromatic heterocycles. The molecule has 0 bridgehead atoms. The van der Waals surface area contributed by atoms with E-state index in [0.29, 0.717) is 34.7 Å². The van der Waals surface area contributed by atoms with Crippen LogP contribution in [0.15, 0.2) is 24.4 Å². The van der Waals surface area contributed by atoms with E-state index < -0.39 is 0 Å². The van der Waals surface area contributed by atoms with Crippen molar-refractivity contribution in [2.45, 2.75) is 39.3 Å². The lowest BCUT2D eigenvalue weighted by atomic mass is 9.96. The number of fused-ring (bicyclic) bond motifs is 1. The van der Waals surface area contributed by atoms with Crippen molar-refractivity contribution >= 4 is 17.5 Å². The average molecular weight is 378 g/mol. The van der Waals surface area contributed by atoms with E-state index in [0.717, 1.165) is 24.9 Å². The highest BCUT2D eigenvalue weighted by molar-refractivity contribution is 6.30. The van der Waals surface area contributed by atoms with Crippen molar-refractivity contribution in [2.75, 3.05) is 13.7 Å². The first-order valence-corrected chi connectivity index (χ1v) is 9.20. The molecule has 1 N–H and O–H groups in total. The number of hydrogen-bond acceptors (Lipinski definition) is 4. The van der Waals surface area contributed by atoms with Gasteiger partial charge in [-0.15, -0.1) is 0 Å². The molecule has 1 aliphatic rings. The number of methoxy groups -OCH3 is 1. The van der Waals surface area contributed by atoms with Crippen LogP contribution in [0.2, 0.25) is 5.02 Å². The lowest BCUT2D eigenvalue weighted by molar-refractivity contribution is 0.0925. The van der Waals surface area contributed by atoms with Gasteiger partial charge in [0.05, 0.1) is 26.0 Å². The standard InChI is InChI=1S/C19H24ClN3O3/c1-12(2)9-16(14-10-13(20)5-6-17(14)25-3)22-18(24)15-11-21-23-7-4-8-26-19(15)23/h5-6,10-12,16H,4,7-9H2,1-3H3,(H,22,24). The summed E-state index contributed by atoms with van der Waals surface area (Å²) < 4.78 is 12.8. The molecule has 7 heteroatoms. The van der Waals surface area contributed by atoms with Crippen molar-refractivity contribution in [2.24, 2.45) is 5.92 Å². The third-order valence-corrected chi connectivity index (χ3v) is 4.60. The van der Waals surface area contributed by atoms with Crippen molar-refractivity contribution in [3.8, 4) is 11.6 Å². The first kappa shape index (κ1) is 18.6. The van der Waals surface area contributed by atoms with Gasteiger partial charge < -0.3 is 14.8 Å². The predicted molar refractivity (Wildman–Crippen MR) is 100 cm³/mol. The highest BCUT2D eigenvalue weighted by Gasteiger charge is 2.26. The van der Waals surface area contributed by atoms with Gasteiger partial charge in [-0.2, -0.15) is 5.10 Å². The Labute approximate surface area is 158 Å². The molecule has 0 saturated heterocycles. The molecule has 26 heavy (non-hydrogen) atoms. The van der Waals surface area contributed by atoms with Crippen LogP contribution in [0.25, 0.3) is 0 Å². The van der Waals surface area contributed by atoms with E-state index >= 15 is 0 Å². The summed E-state index contributed by atoms with van der Waals surface area (Å²) in [6.45, 7) is 5.59. The van der Waals surface area contributed by atoms with Gasteiger partial charge in [-0.05, 0) is 30.5 Å². The summed E-state index contributed by atoms with van der Waals surface area (Å²) in [6.07, 6.45) is 3.22. The van der Waals surface area contributed by atoms with Crippen molar-refractivity contribution < 1.29 is 14.3 Å². The smallest absolute Gasteiger partial charge is 0.258 e. The lowest BCUT2D eigenvalue weighted by Crippen LogP contribution is -2.30. The molecule has 0 aliphatic carbocycles. The van der Waals surface area contributed by atoms with Gasteiger partial charge >= 0.3 is 0 Å². The molecule has 2 aromatic rings. The maximum atomic E-state index is 12.9. The number of rotatable bonds is 6.